The smallest absolute Gasteiger partial charge is 0.181 e. The van der Waals surface area contributed by atoms with Crippen LogP contribution in [-0.4, -0.2) is 45.7 Å². The number of aryl methyl sites for hydroxylation is 1. The van der Waals surface area contributed by atoms with Gasteiger partial charge in [-0.15, -0.1) is 0 Å². The van der Waals surface area contributed by atoms with Crippen molar-refractivity contribution in [1.29, 1.82) is 0 Å². The van der Waals surface area contributed by atoms with Gasteiger partial charge in [0.05, 0.1) is 30.3 Å². The Hall–Kier alpha value is -2.73. The Morgan fingerprint density at radius 2 is 2.04 bits per heavy atom. The molecule has 0 bridgehead atoms. The van der Waals surface area contributed by atoms with Crippen LogP contribution in [0.25, 0.3) is 23.0 Å². The zero-order valence-corrected chi connectivity index (χ0v) is 13.6. The van der Waals surface area contributed by atoms with Gasteiger partial charge in [0.25, 0.3) is 0 Å². The van der Waals surface area contributed by atoms with Gasteiger partial charge < -0.3 is 9.64 Å². The molecule has 0 spiro atoms. The fourth-order valence-corrected chi connectivity index (χ4v) is 3.13. The molecular weight excluding hydrogens is 302 g/mol. The summed E-state index contributed by atoms with van der Waals surface area (Å²) in [6, 6.07) is 4.02. The number of hydrogen-bond acceptors (Lipinski definition) is 5. The normalized spacial score (nSPS) is 15.0. The molecule has 4 rings (SSSR count). The number of imidazole rings is 1. The Morgan fingerprint density at radius 3 is 2.83 bits per heavy atom. The van der Waals surface area contributed by atoms with Crippen LogP contribution in [0.5, 0.6) is 0 Å². The highest BCUT2D eigenvalue weighted by Crippen LogP contribution is 2.28. The van der Waals surface area contributed by atoms with Gasteiger partial charge in [0.1, 0.15) is 0 Å². The second-order valence-corrected chi connectivity index (χ2v) is 5.76. The third-order valence-electron chi connectivity index (χ3n) is 4.27. The molecule has 0 radical (unpaired) electrons. The van der Waals surface area contributed by atoms with Crippen molar-refractivity contribution < 1.29 is 4.74 Å². The van der Waals surface area contributed by atoms with Gasteiger partial charge in [-0.05, 0) is 25.1 Å². The quantitative estimate of drug-likeness (QED) is 0.742. The molecule has 0 aliphatic carbocycles. The van der Waals surface area contributed by atoms with Crippen molar-refractivity contribution >= 4 is 17.5 Å². The predicted octanol–water partition coefficient (Wildman–Crippen LogP) is 2.58. The highest BCUT2D eigenvalue weighted by atomic mass is 16.5. The van der Waals surface area contributed by atoms with Gasteiger partial charge in [-0.25, -0.2) is 9.97 Å². The van der Waals surface area contributed by atoms with E-state index in [0.717, 1.165) is 60.4 Å². The number of hydrogen-bond donors (Lipinski definition) is 0. The Morgan fingerprint density at radius 1 is 1.21 bits per heavy atom. The Kier molecular flexibility index (Phi) is 3.74. The van der Waals surface area contributed by atoms with Crippen molar-refractivity contribution in [3.8, 4) is 11.3 Å². The average molecular weight is 321 g/mol. The average Bonchev–Trinajstić information content (AvgIpc) is 2.98. The molecule has 6 nitrogen and oxygen atoms in total. The molecule has 1 aliphatic rings. The molecule has 122 valence electrons. The van der Waals surface area contributed by atoms with Crippen LogP contribution in [0.4, 0.5) is 5.82 Å². The maximum Gasteiger partial charge on any atom is 0.181 e. The van der Waals surface area contributed by atoms with Gasteiger partial charge in [-0.1, -0.05) is 6.58 Å². The van der Waals surface area contributed by atoms with Crippen molar-refractivity contribution in [3.05, 3.63) is 48.7 Å². The van der Waals surface area contributed by atoms with Crippen LogP contribution in [-0.2, 0) is 4.74 Å². The standard InChI is InChI=1S/C18H19N5O/c1-3-15-12-14(4-5-19-15)16-13(2)21-18-17(20-6-7-23(16)18)22-8-10-24-11-9-22/h3-7,12H,1,8-11H2,2H3. The van der Waals surface area contributed by atoms with E-state index >= 15 is 0 Å². The van der Waals surface area contributed by atoms with Crippen LogP contribution in [0.3, 0.4) is 0 Å². The van der Waals surface area contributed by atoms with Crippen LogP contribution < -0.4 is 4.90 Å². The fourth-order valence-electron chi connectivity index (χ4n) is 3.13. The summed E-state index contributed by atoms with van der Waals surface area (Å²) in [4.78, 5) is 15.9. The minimum Gasteiger partial charge on any atom is -0.378 e. The number of nitrogens with zero attached hydrogens (tertiary/aromatic N) is 5. The summed E-state index contributed by atoms with van der Waals surface area (Å²) in [6.07, 6.45) is 7.35. The monoisotopic (exact) mass is 321 g/mol. The summed E-state index contributed by atoms with van der Waals surface area (Å²) >= 11 is 0. The van der Waals surface area contributed by atoms with Crippen LogP contribution in [0.1, 0.15) is 11.4 Å². The summed E-state index contributed by atoms with van der Waals surface area (Å²) in [5.41, 5.74) is 4.84. The van der Waals surface area contributed by atoms with Crippen LogP contribution in [0.15, 0.2) is 37.3 Å². The molecule has 1 fully saturated rings. The molecule has 6 heteroatoms. The van der Waals surface area contributed by atoms with Crippen LogP contribution >= 0.6 is 0 Å². The Balaban J connectivity index is 1.88. The van der Waals surface area contributed by atoms with Crippen molar-refractivity contribution in [2.75, 3.05) is 31.2 Å². The highest BCUT2D eigenvalue weighted by molar-refractivity contribution is 5.74. The maximum absolute atomic E-state index is 5.44. The molecule has 0 saturated carbocycles. The lowest BCUT2D eigenvalue weighted by Gasteiger charge is -2.27. The molecule has 0 unspecified atom stereocenters. The van der Waals surface area contributed by atoms with Gasteiger partial charge in [-0.3, -0.25) is 9.38 Å². The first-order valence-corrected chi connectivity index (χ1v) is 8.03. The first-order chi connectivity index (χ1) is 11.8. The van der Waals surface area contributed by atoms with Crippen molar-refractivity contribution in [1.82, 2.24) is 19.4 Å². The van der Waals surface area contributed by atoms with E-state index in [4.69, 9.17) is 9.72 Å². The molecule has 0 N–H and O–H groups in total. The zero-order valence-electron chi connectivity index (χ0n) is 13.6. The van der Waals surface area contributed by atoms with Gasteiger partial charge in [0.15, 0.2) is 11.5 Å². The molecule has 1 saturated heterocycles. The molecule has 3 aromatic heterocycles. The van der Waals surface area contributed by atoms with Gasteiger partial charge in [-0.2, -0.15) is 0 Å². The molecule has 4 heterocycles. The number of fused-ring (bicyclic) bond motifs is 1. The van der Waals surface area contributed by atoms with Crippen molar-refractivity contribution in [3.63, 3.8) is 0 Å². The topological polar surface area (TPSA) is 55.5 Å². The molecule has 0 atom stereocenters. The maximum atomic E-state index is 5.44. The van der Waals surface area contributed by atoms with E-state index in [-0.39, 0.29) is 0 Å². The van der Waals surface area contributed by atoms with E-state index in [1.807, 2.05) is 31.5 Å². The Bertz CT molecular complexity index is 896. The van der Waals surface area contributed by atoms with E-state index < -0.39 is 0 Å². The third-order valence-corrected chi connectivity index (χ3v) is 4.27. The van der Waals surface area contributed by atoms with E-state index in [2.05, 4.69) is 25.8 Å². The van der Waals surface area contributed by atoms with E-state index in [0.29, 0.717) is 0 Å². The summed E-state index contributed by atoms with van der Waals surface area (Å²) < 4.78 is 7.55. The van der Waals surface area contributed by atoms with Gasteiger partial charge >= 0.3 is 0 Å². The first kappa shape index (κ1) is 14.8. The predicted molar refractivity (Wildman–Crippen MR) is 94.1 cm³/mol. The summed E-state index contributed by atoms with van der Waals surface area (Å²) in [6.45, 7) is 8.95. The van der Waals surface area contributed by atoms with Gasteiger partial charge in [0.2, 0.25) is 0 Å². The lowest BCUT2D eigenvalue weighted by atomic mass is 10.1. The third kappa shape index (κ3) is 2.45. The van der Waals surface area contributed by atoms with E-state index in [9.17, 15) is 0 Å². The molecule has 3 aromatic rings. The van der Waals surface area contributed by atoms with E-state index in [1.54, 1.807) is 12.3 Å². The molecule has 24 heavy (non-hydrogen) atoms. The largest absolute Gasteiger partial charge is 0.378 e. The van der Waals surface area contributed by atoms with Crippen molar-refractivity contribution in [2.24, 2.45) is 0 Å². The molecule has 0 amide bonds. The van der Waals surface area contributed by atoms with E-state index in [1.165, 1.54) is 0 Å². The lowest BCUT2D eigenvalue weighted by Crippen LogP contribution is -2.37. The SMILES string of the molecule is C=Cc1cc(-c2c(C)nc3c(N4CCOCC4)nccn23)ccn1. The molecule has 1 aliphatic heterocycles. The number of aromatic nitrogens is 4. The second-order valence-electron chi connectivity index (χ2n) is 5.76. The number of ether oxygens (including phenoxy) is 1. The number of anilines is 1. The highest BCUT2D eigenvalue weighted by Gasteiger charge is 2.20. The minimum atomic E-state index is 0.725. The van der Waals surface area contributed by atoms with Crippen LogP contribution in [0.2, 0.25) is 0 Å². The lowest BCUT2D eigenvalue weighted by molar-refractivity contribution is 0.122. The van der Waals surface area contributed by atoms with Crippen LogP contribution in [0, 0.1) is 6.92 Å². The summed E-state index contributed by atoms with van der Waals surface area (Å²) in [5.74, 6) is 0.910. The summed E-state index contributed by atoms with van der Waals surface area (Å²) in [7, 11) is 0. The zero-order chi connectivity index (χ0) is 16.5. The molecule has 0 aromatic carbocycles. The number of pyridine rings is 1. The van der Waals surface area contributed by atoms with Crippen molar-refractivity contribution in [2.45, 2.75) is 6.92 Å². The minimum absolute atomic E-state index is 0.725. The second kappa shape index (κ2) is 6.05. The fraction of sp³-hybridized carbons (Fsp3) is 0.278. The number of morpholine rings is 1. The number of rotatable bonds is 3. The Labute approximate surface area is 140 Å². The first-order valence-electron chi connectivity index (χ1n) is 8.03. The van der Waals surface area contributed by atoms with Gasteiger partial charge in [0, 0.05) is 37.2 Å². The summed E-state index contributed by atoms with van der Waals surface area (Å²) in [5, 5.41) is 0. The molecular formula is C18H19N5O.